The molecule has 0 bridgehead atoms. The molecule has 2 aromatic rings. The number of nitrogen functional groups attached to an aromatic ring is 1. The Morgan fingerprint density at radius 1 is 1.06 bits per heavy atom. The second-order valence-electron chi connectivity index (χ2n) is 4.47. The number of nitrogens with zero attached hydrogens (tertiary/aromatic N) is 1. The lowest BCUT2D eigenvalue weighted by Crippen LogP contribution is -2.04. The fourth-order valence-electron chi connectivity index (χ4n) is 2.30. The maximum absolute atomic E-state index is 6.26. The Balaban J connectivity index is 2.66. The van der Waals surface area contributed by atoms with Crippen molar-refractivity contribution in [3.8, 4) is 0 Å². The summed E-state index contributed by atoms with van der Waals surface area (Å²) in [5, 5.41) is 1.21. The number of aromatic nitrogens is 1. The summed E-state index contributed by atoms with van der Waals surface area (Å²) >= 11 is 0. The highest BCUT2D eigenvalue weighted by Gasteiger charge is 2.10. The van der Waals surface area contributed by atoms with Gasteiger partial charge in [0.25, 0.3) is 0 Å². The van der Waals surface area contributed by atoms with Crippen LogP contribution in [0.2, 0.25) is 0 Å². The summed E-state index contributed by atoms with van der Waals surface area (Å²) in [7, 11) is 0. The lowest BCUT2D eigenvalue weighted by Gasteiger charge is -2.13. The van der Waals surface area contributed by atoms with E-state index in [4.69, 9.17) is 5.73 Å². The zero-order valence-corrected chi connectivity index (χ0v) is 10.7. The van der Waals surface area contributed by atoms with Crippen LogP contribution in [0.3, 0.4) is 0 Å². The van der Waals surface area contributed by atoms with Gasteiger partial charge in [0.1, 0.15) is 0 Å². The predicted molar refractivity (Wildman–Crippen MR) is 74.1 cm³/mol. The second-order valence-corrected chi connectivity index (χ2v) is 4.47. The largest absolute Gasteiger partial charge is 0.397 e. The topological polar surface area (TPSA) is 38.9 Å². The zero-order valence-electron chi connectivity index (χ0n) is 10.7. The van der Waals surface area contributed by atoms with Gasteiger partial charge in [-0.1, -0.05) is 44.9 Å². The molecule has 0 aliphatic carbocycles. The van der Waals surface area contributed by atoms with Crippen molar-refractivity contribution in [2.75, 3.05) is 5.73 Å². The van der Waals surface area contributed by atoms with E-state index >= 15 is 0 Å². The van der Waals surface area contributed by atoms with E-state index in [0.717, 1.165) is 42.6 Å². The van der Waals surface area contributed by atoms with E-state index in [1.807, 2.05) is 6.07 Å². The molecule has 0 aliphatic rings. The second kappa shape index (κ2) is 5.17. The van der Waals surface area contributed by atoms with Gasteiger partial charge in [0.05, 0.1) is 16.9 Å². The van der Waals surface area contributed by atoms with Gasteiger partial charge in [0, 0.05) is 5.39 Å². The van der Waals surface area contributed by atoms with Gasteiger partial charge in [-0.15, -0.1) is 0 Å². The van der Waals surface area contributed by atoms with Crippen LogP contribution in [0, 0.1) is 0 Å². The first-order valence-corrected chi connectivity index (χ1v) is 6.43. The summed E-state index contributed by atoms with van der Waals surface area (Å²) in [6, 6.07) is 8.30. The van der Waals surface area contributed by atoms with Crippen LogP contribution in [-0.2, 0) is 12.8 Å². The van der Waals surface area contributed by atoms with E-state index in [0.29, 0.717) is 0 Å². The molecule has 2 nitrogen and oxygen atoms in total. The summed E-state index contributed by atoms with van der Waals surface area (Å²) in [5.74, 6) is 0. The van der Waals surface area contributed by atoms with Crippen molar-refractivity contribution >= 4 is 16.6 Å². The van der Waals surface area contributed by atoms with Crippen LogP contribution in [0.1, 0.15) is 37.9 Å². The van der Waals surface area contributed by atoms with Gasteiger partial charge in [-0.25, -0.2) is 0 Å². The molecule has 2 rings (SSSR count). The molecule has 0 radical (unpaired) electrons. The van der Waals surface area contributed by atoms with Crippen LogP contribution in [-0.4, -0.2) is 4.98 Å². The molecule has 1 heterocycles. The zero-order chi connectivity index (χ0) is 12.3. The molecule has 2 N–H and O–H groups in total. The first-order chi connectivity index (χ1) is 8.27. The third-order valence-electron chi connectivity index (χ3n) is 3.11. The molecule has 17 heavy (non-hydrogen) atoms. The van der Waals surface area contributed by atoms with Crippen LogP contribution in [0.25, 0.3) is 10.9 Å². The molecule has 1 aromatic carbocycles. The number of fused-ring (bicyclic) bond motifs is 1. The molecule has 0 atom stereocenters. The summed E-state index contributed by atoms with van der Waals surface area (Å²) in [4.78, 5) is 4.68. The number of pyridine rings is 1. The maximum atomic E-state index is 6.26. The van der Waals surface area contributed by atoms with E-state index in [1.54, 1.807) is 0 Å². The van der Waals surface area contributed by atoms with E-state index in [1.165, 1.54) is 10.9 Å². The third kappa shape index (κ3) is 2.26. The SMILES string of the molecule is CCCc1nc2ccccc2c(CCC)c1N. The van der Waals surface area contributed by atoms with Gasteiger partial charge in [0.2, 0.25) is 0 Å². The van der Waals surface area contributed by atoms with E-state index < -0.39 is 0 Å². The van der Waals surface area contributed by atoms with E-state index in [2.05, 4.69) is 37.0 Å². The first kappa shape index (κ1) is 11.9. The minimum Gasteiger partial charge on any atom is -0.397 e. The third-order valence-corrected chi connectivity index (χ3v) is 3.11. The van der Waals surface area contributed by atoms with E-state index in [-0.39, 0.29) is 0 Å². The van der Waals surface area contributed by atoms with Crippen LogP contribution in [0.5, 0.6) is 0 Å². The van der Waals surface area contributed by atoms with Crippen molar-refractivity contribution in [1.82, 2.24) is 4.98 Å². The first-order valence-electron chi connectivity index (χ1n) is 6.43. The number of anilines is 1. The molecule has 0 fully saturated rings. The number of hydrogen-bond donors (Lipinski definition) is 1. The van der Waals surface area contributed by atoms with Crippen molar-refractivity contribution < 1.29 is 0 Å². The van der Waals surface area contributed by atoms with Crippen LogP contribution < -0.4 is 5.73 Å². The summed E-state index contributed by atoms with van der Waals surface area (Å²) < 4.78 is 0. The predicted octanol–water partition coefficient (Wildman–Crippen LogP) is 3.72. The smallest absolute Gasteiger partial charge is 0.0709 e. The molecule has 1 aromatic heterocycles. The lowest BCUT2D eigenvalue weighted by atomic mass is 10.00. The van der Waals surface area contributed by atoms with Crippen LogP contribution >= 0.6 is 0 Å². The highest BCUT2D eigenvalue weighted by molar-refractivity contribution is 5.87. The number of hydrogen-bond acceptors (Lipinski definition) is 2. The monoisotopic (exact) mass is 228 g/mol. The molecule has 0 unspecified atom stereocenters. The Kier molecular flexibility index (Phi) is 3.62. The van der Waals surface area contributed by atoms with Gasteiger partial charge < -0.3 is 5.73 Å². The highest BCUT2D eigenvalue weighted by Crippen LogP contribution is 2.27. The maximum Gasteiger partial charge on any atom is 0.0709 e. The fourth-order valence-corrected chi connectivity index (χ4v) is 2.30. The standard InChI is InChI=1S/C15H20N2/c1-3-7-12-11-9-5-6-10-13(11)17-14(8-4-2)15(12)16/h5-6,9-10H,3-4,7-8,16H2,1-2H3. The fraction of sp³-hybridized carbons (Fsp3) is 0.400. The number of nitrogens with two attached hydrogens (primary N) is 1. The molecule has 0 saturated heterocycles. The summed E-state index contributed by atoms with van der Waals surface area (Å²) in [5.41, 5.74) is 10.6. The molecule has 0 amide bonds. The highest BCUT2D eigenvalue weighted by atomic mass is 14.8. The van der Waals surface area contributed by atoms with Gasteiger partial charge in [-0.2, -0.15) is 0 Å². The summed E-state index contributed by atoms with van der Waals surface area (Å²) in [6.07, 6.45) is 4.20. The van der Waals surface area contributed by atoms with Crippen molar-refractivity contribution in [2.24, 2.45) is 0 Å². The minimum atomic E-state index is 0.910. The summed E-state index contributed by atoms with van der Waals surface area (Å²) in [6.45, 7) is 4.35. The Morgan fingerprint density at radius 3 is 2.47 bits per heavy atom. The van der Waals surface area contributed by atoms with Gasteiger partial charge in [0.15, 0.2) is 0 Å². The average molecular weight is 228 g/mol. The Morgan fingerprint density at radius 2 is 1.76 bits per heavy atom. The van der Waals surface area contributed by atoms with E-state index in [9.17, 15) is 0 Å². The van der Waals surface area contributed by atoms with Crippen molar-refractivity contribution in [2.45, 2.75) is 39.5 Å². The van der Waals surface area contributed by atoms with Crippen molar-refractivity contribution in [1.29, 1.82) is 0 Å². The normalized spacial score (nSPS) is 10.9. The lowest BCUT2D eigenvalue weighted by molar-refractivity contribution is 0.879. The number of aryl methyl sites for hydroxylation is 2. The van der Waals surface area contributed by atoms with Crippen LogP contribution in [0.15, 0.2) is 24.3 Å². The van der Waals surface area contributed by atoms with Gasteiger partial charge in [-0.05, 0) is 24.5 Å². The Bertz CT molecular complexity index is 518. The number of para-hydroxylation sites is 1. The molecular formula is C15H20N2. The Labute approximate surface area is 103 Å². The van der Waals surface area contributed by atoms with Crippen LogP contribution in [0.4, 0.5) is 5.69 Å². The molecule has 90 valence electrons. The molecule has 0 aliphatic heterocycles. The number of rotatable bonds is 4. The molecule has 0 spiro atoms. The van der Waals surface area contributed by atoms with Crippen molar-refractivity contribution in [3.05, 3.63) is 35.5 Å². The van der Waals surface area contributed by atoms with Gasteiger partial charge in [-0.3, -0.25) is 4.98 Å². The molecule has 2 heteroatoms. The average Bonchev–Trinajstić information content (AvgIpc) is 2.35. The minimum absolute atomic E-state index is 0.910. The molecular weight excluding hydrogens is 208 g/mol. The quantitative estimate of drug-likeness (QED) is 0.866. The van der Waals surface area contributed by atoms with Gasteiger partial charge >= 0.3 is 0 Å². The number of benzene rings is 1. The van der Waals surface area contributed by atoms with Crippen molar-refractivity contribution in [3.63, 3.8) is 0 Å². The Hall–Kier alpha value is -1.57. The molecule has 0 saturated carbocycles.